The molecule has 5 aromatic heterocycles. The summed E-state index contributed by atoms with van der Waals surface area (Å²) in [5, 5.41) is 1.83. The Kier molecular flexibility index (Phi) is 7.00. The van der Waals surface area contributed by atoms with E-state index >= 15 is 0 Å². The lowest BCUT2D eigenvalue weighted by Gasteiger charge is -2.11. The summed E-state index contributed by atoms with van der Waals surface area (Å²) in [6, 6.07) is 50.3. The van der Waals surface area contributed by atoms with E-state index in [1.54, 1.807) is 34.0 Å². The van der Waals surface area contributed by atoms with Gasteiger partial charge in [0.25, 0.3) is 0 Å². The van der Waals surface area contributed by atoms with E-state index in [2.05, 4.69) is 133 Å². The molecule has 0 atom stereocenters. The first kappa shape index (κ1) is 27.9. The molecule has 9 aromatic rings. The van der Waals surface area contributed by atoms with Crippen LogP contribution in [0.3, 0.4) is 0 Å². The van der Waals surface area contributed by atoms with Crippen molar-refractivity contribution in [3.05, 3.63) is 146 Å². The Morgan fingerprint density at radius 2 is 0.723 bits per heavy atom. The summed E-state index contributed by atoms with van der Waals surface area (Å²) in [6.45, 7) is 0. The van der Waals surface area contributed by atoms with Crippen molar-refractivity contribution in [3.63, 3.8) is 0 Å². The third kappa shape index (κ3) is 5.15. The van der Waals surface area contributed by atoms with Gasteiger partial charge in [0.15, 0.2) is 0 Å². The number of thiazole rings is 2. The summed E-state index contributed by atoms with van der Waals surface area (Å²) in [5.74, 6) is 0. The van der Waals surface area contributed by atoms with E-state index < -0.39 is 0 Å². The third-order valence-electron chi connectivity index (χ3n) is 8.02. The van der Waals surface area contributed by atoms with Crippen LogP contribution in [0.1, 0.15) is 0 Å². The number of pyridine rings is 2. The molecule has 0 radical (unpaired) electrons. The molecule has 0 bridgehead atoms. The molecule has 4 aromatic carbocycles. The highest BCUT2D eigenvalue weighted by Crippen LogP contribution is 2.51. The van der Waals surface area contributed by atoms with Gasteiger partial charge in [0.2, 0.25) is 0 Å². The van der Waals surface area contributed by atoms with Crippen LogP contribution >= 0.6 is 34.0 Å². The highest BCUT2D eigenvalue weighted by Gasteiger charge is 2.25. The number of fused-ring (bicyclic) bond motifs is 2. The van der Waals surface area contributed by atoms with Gasteiger partial charge in [-0.2, -0.15) is 0 Å². The van der Waals surface area contributed by atoms with Crippen LogP contribution in [0, 0.1) is 0 Å². The maximum atomic E-state index is 5.26. The molecular formula is C40H24N4S3. The molecule has 0 saturated carbocycles. The van der Waals surface area contributed by atoms with Crippen LogP contribution in [0.2, 0.25) is 0 Å². The largest absolute Gasteiger partial charge is 0.244 e. The monoisotopic (exact) mass is 656 g/mol. The zero-order chi connectivity index (χ0) is 31.2. The van der Waals surface area contributed by atoms with Crippen molar-refractivity contribution in [3.8, 4) is 64.8 Å². The number of benzene rings is 4. The molecule has 4 nitrogen and oxygen atoms in total. The van der Waals surface area contributed by atoms with Crippen LogP contribution in [0.5, 0.6) is 0 Å². The predicted octanol–water partition coefficient (Wildman–Crippen LogP) is 11.8. The lowest BCUT2D eigenvalue weighted by Crippen LogP contribution is -1.90. The number of hydrogen-bond donors (Lipinski definition) is 0. The second kappa shape index (κ2) is 11.8. The third-order valence-corrected chi connectivity index (χ3v) is 11.4. The predicted molar refractivity (Wildman–Crippen MR) is 199 cm³/mol. The molecule has 47 heavy (non-hydrogen) atoms. The quantitative estimate of drug-likeness (QED) is 0.179. The number of rotatable bonds is 6. The molecule has 0 unspecified atom stereocenters. The van der Waals surface area contributed by atoms with Crippen molar-refractivity contribution in [1.29, 1.82) is 0 Å². The maximum Gasteiger partial charge on any atom is 0.143 e. The molecule has 9 rings (SSSR count). The second-order valence-electron chi connectivity index (χ2n) is 11.0. The Morgan fingerprint density at radius 1 is 0.319 bits per heavy atom. The molecule has 0 aliphatic heterocycles. The fourth-order valence-electron chi connectivity index (χ4n) is 5.88. The molecule has 222 valence electrons. The van der Waals surface area contributed by atoms with Crippen molar-refractivity contribution in [2.24, 2.45) is 0 Å². The number of nitrogens with zero attached hydrogens (tertiary/aromatic N) is 4. The molecule has 0 aliphatic carbocycles. The molecule has 0 fully saturated rings. The van der Waals surface area contributed by atoms with Crippen LogP contribution in [0.25, 0.3) is 85.2 Å². The summed E-state index contributed by atoms with van der Waals surface area (Å²) >= 11 is 5.09. The van der Waals surface area contributed by atoms with Crippen molar-refractivity contribution < 1.29 is 0 Å². The van der Waals surface area contributed by atoms with Crippen LogP contribution < -0.4 is 0 Å². The first-order valence-corrected chi connectivity index (χ1v) is 17.7. The highest BCUT2D eigenvalue weighted by molar-refractivity contribution is 7.22. The lowest BCUT2D eigenvalue weighted by molar-refractivity contribution is 1.31. The maximum absolute atomic E-state index is 5.26. The van der Waals surface area contributed by atoms with E-state index in [9.17, 15) is 0 Å². The minimum Gasteiger partial charge on any atom is -0.244 e. The summed E-state index contributed by atoms with van der Waals surface area (Å²) in [6.07, 6.45) is 0. The highest BCUT2D eigenvalue weighted by atomic mass is 32.1. The molecule has 0 amide bonds. The number of aromatic nitrogens is 4. The van der Waals surface area contributed by atoms with E-state index in [0.717, 1.165) is 85.2 Å². The fraction of sp³-hybridized carbons (Fsp3) is 0. The normalized spacial score (nSPS) is 11.4. The zero-order valence-electron chi connectivity index (χ0n) is 24.9. The number of thiophene rings is 1. The summed E-state index contributed by atoms with van der Waals surface area (Å²) in [7, 11) is 0. The minimum absolute atomic E-state index is 0.870. The molecular weight excluding hydrogens is 633 g/mol. The van der Waals surface area contributed by atoms with Gasteiger partial charge >= 0.3 is 0 Å². The fourth-order valence-corrected chi connectivity index (χ4v) is 9.03. The van der Waals surface area contributed by atoms with Gasteiger partial charge in [-0.1, -0.05) is 97.1 Å². The first-order valence-electron chi connectivity index (χ1n) is 15.2. The van der Waals surface area contributed by atoms with E-state index in [0.29, 0.717) is 0 Å². The zero-order valence-corrected chi connectivity index (χ0v) is 27.3. The summed E-state index contributed by atoms with van der Waals surface area (Å²) < 4.78 is 2.31. The Labute approximate surface area is 283 Å². The van der Waals surface area contributed by atoms with Crippen molar-refractivity contribution in [2.75, 3.05) is 0 Å². The van der Waals surface area contributed by atoms with E-state index in [-0.39, 0.29) is 0 Å². The molecule has 0 N–H and O–H groups in total. The molecule has 0 spiro atoms. The molecule has 0 saturated heterocycles. The van der Waals surface area contributed by atoms with E-state index in [4.69, 9.17) is 19.9 Å². The van der Waals surface area contributed by atoms with Gasteiger partial charge < -0.3 is 0 Å². The minimum atomic E-state index is 0.870. The lowest BCUT2D eigenvalue weighted by atomic mass is 9.93. The van der Waals surface area contributed by atoms with Gasteiger partial charge in [-0.3, -0.25) is 0 Å². The van der Waals surface area contributed by atoms with Crippen molar-refractivity contribution in [1.82, 2.24) is 19.9 Å². The van der Waals surface area contributed by atoms with E-state index in [1.807, 2.05) is 12.1 Å². The Hall–Kier alpha value is -5.34. The topological polar surface area (TPSA) is 51.6 Å². The van der Waals surface area contributed by atoms with Gasteiger partial charge in [0, 0.05) is 11.1 Å². The summed E-state index contributed by atoms with van der Waals surface area (Å²) in [5.41, 5.74) is 10.1. The van der Waals surface area contributed by atoms with E-state index in [1.165, 1.54) is 0 Å². The SMILES string of the molecule is c1ccc(-c2c(-c3cccc(-c4nc5ccccc5s4)n3)sc(-c3cccc(-c4nc5ccccc5s4)n3)c2-c2ccccc2)cc1. The number of hydrogen-bond acceptors (Lipinski definition) is 7. The Balaban J connectivity index is 1.27. The average molecular weight is 657 g/mol. The molecule has 5 heterocycles. The molecule has 7 heteroatoms. The van der Waals surface area contributed by atoms with Crippen LogP contribution in [-0.4, -0.2) is 19.9 Å². The van der Waals surface area contributed by atoms with Crippen LogP contribution in [0.4, 0.5) is 0 Å². The van der Waals surface area contributed by atoms with Gasteiger partial charge in [-0.25, -0.2) is 19.9 Å². The average Bonchev–Trinajstić information content (AvgIpc) is 3.88. The van der Waals surface area contributed by atoms with Gasteiger partial charge in [-0.15, -0.1) is 34.0 Å². The summed E-state index contributed by atoms with van der Waals surface area (Å²) in [4.78, 5) is 22.5. The van der Waals surface area contributed by atoms with Gasteiger partial charge in [0.1, 0.15) is 10.0 Å². The second-order valence-corrected chi connectivity index (χ2v) is 14.1. The van der Waals surface area contributed by atoms with Crippen molar-refractivity contribution in [2.45, 2.75) is 0 Å². The van der Waals surface area contributed by atoms with Crippen molar-refractivity contribution >= 4 is 54.4 Å². The van der Waals surface area contributed by atoms with Gasteiger partial charge in [-0.05, 0) is 59.7 Å². The van der Waals surface area contributed by atoms with Crippen LogP contribution in [-0.2, 0) is 0 Å². The first-order chi connectivity index (χ1) is 23.3. The molecule has 0 aliphatic rings. The number of para-hydroxylation sites is 2. The van der Waals surface area contributed by atoms with Gasteiger partial charge in [0.05, 0.1) is 53.0 Å². The Morgan fingerprint density at radius 3 is 1.17 bits per heavy atom. The standard InChI is InChI=1S/C40H24N4S3/c1-3-13-25(14-4-1)35-36(26-15-5-2-6-16-26)38(30-20-12-22-32(42-30)40-44-28-18-8-10-24-34(28)46-40)47-37(35)29-19-11-21-31(41-29)39-43-27-17-7-9-23-33(27)45-39/h1-24H. The Bertz CT molecular complexity index is 2290. The smallest absolute Gasteiger partial charge is 0.143 e. The van der Waals surface area contributed by atoms with Crippen LogP contribution in [0.15, 0.2) is 146 Å².